The Balaban J connectivity index is 1.88. The summed E-state index contributed by atoms with van der Waals surface area (Å²) in [6.45, 7) is 7.47. The van der Waals surface area contributed by atoms with Gasteiger partial charge in [0.15, 0.2) is 0 Å². The Morgan fingerprint density at radius 2 is 1.51 bits per heavy atom. The first kappa shape index (κ1) is 26.4. The van der Waals surface area contributed by atoms with Gasteiger partial charge in [-0.05, 0) is 69.5 Å². The van der Waals surface area contributed by atoms with Gasteiger partial charge in [0.2, 0.25) is 0 Å². The summed E-state index contributed by atoms with van der Waals surface area (Å²) in [6, 6.07) is 23.1. The number of hydrogen-bond acceptors (Lipinski definition) is 6. The van der Waals surface area contributed by atoms with Crippen molar-refractivity contribution >= 4 is 16.1 Å². The predicted molar refractivity (Wildman–Crippen MR) is 137 cm³/mol. The highest BCUT2D eigenvalue weighted by Gasteiger charge is 2.32. The maximum absolute atomic E-state index is 13.0. The van der Waals surface area contributed by atoms with Crippen molar-refractivity contribution in [2.75, 3.05) is 6.54 Å². The normalized spacial score (nSPS) is 13.6. The Kier molecular flexibility index (Phi) is 8.35. The van der Waals surface area contributed by atoms with Crippen molar-refractivity contribution in [2.45, 2.75) is 50.5 Å². The molecular formula is C28H33NO5S. The van der Waals surface area contributed by atoms with E-state index in [9.17, 15) is 13.2 Å². The number of ether oxygens (including phenoxy) is 1. The van der Waals surface area contributed by atoms with Crippen molar-refractivity contribution in [3.05, 3.63) is 95.6 Å². The fourth-order valence-electron chi connectivity index (χ4n) is 3.81. The SMILES string of the molecule is Cc1ccc(S(=O)(=O)Oc2ccc(C(Cc3ccccc3)C(CN)C(=O)OC(C)(C)C)cc2)cc1. The molecule has 0 aliphatic carbocycles. The molecule has 0 saturated heterocycles. The molecule has 0 fully saturated rings. The average molecular weight is 496 g/mol. The number of carbonyl (C=O) groups excluding carboxylic acids is 1. The van der Waals surface area contributed by atoms with Crippen LogP contribution in [0.1, 0.15) is 43.4 Å². The van der Waals surface area contributed by atoms with E-state index in [2.05, 4.69) is 0 Å². The van der Waals surface area contributed by atoms with Gasteiger partial charge in [0, 0.05) is 12.5 Å². The molecule has 0 amide bonds. The van der Waals surface area contributed by atoms with Crippen LogP contribution in [0, 0.1) is 12.8 Å². The molecule has 0 heterocycles. The summed E-state index contributed by atoms with van der Waals surface area (Å²) in [7, 11) is -3.96. The van der Waals surface area contributed by atoms with Crippen molar-refractivity contribution in [3.63, 3.8) is 0 Å². The molecule has 0 bridgehead atoms. The first-order chi connectivity index (χ1) is 16.5. The van der Waals surface area contributed by atoms with Gasteiger partial charge in [0.25, 0.3) is 0 Å². The van der Waals surface area contributed by atoms with E-state index in [4.69, 9.17) is 14.7 Å². The molecule has 2 atom stereocenters. The molecule has 6 nitrogen and oxygen atoms in total. The second kappa shape index (κ2) is 11.1. The van der Waals surface area contributed by atoms with E-state index in [1.807, 2.05) is 58.0 Å². The number of benzene rings is 3. The Hall–Kier alpha value is -3.16. The predicted octanol–water partition coefficient (Wildman–Crippen LogP) is 5.01. The van der Waals surface area contributed by atoms with Gasteiger partial charge in [0.05, 0.1) is 5.92 Å². The van der Waals surface area contributed by atoms with Crippen LogP contribution in [0.2, 0.25) is 0 Å². The van der Waals surface area contributed by atoms with Gasteiger partial charge in [-0.3, -0.25) is 4.79 Å². The third-order valence-corrected chi connectivity index (χ3v) is 6.83. The number of esters is 1. The minimum absolute atomic E-state index is 0.0854. The quantitative estimate of drug-likeness (QED) is 0.331. The second-order valence-corrected chi connectivity index (χ2v) is 11.1. The summed E-state index contributed by atoms with van der Waals surface area (Å²) in [4.78, 5) is 13.1. The Labute approximate surface area is 208 Å². The highest BCUT2D eigenvalue weighted by Crippen LogP contribution is 2.32. The minimum atomic E-state index is -3.96. The van der Waals surface area contributed by atoms with Crippen LogP contribution in [0.4, 0.5) is 0 Å². The van der Waals surface area contributed by atoms with Crippen molar-refractivity contribution in [3.8, 4) is 5.75 Å². The number of carbonyl (C=O) groups is 1. The number of hydrogen-bond donors (Lipinski definition) is 1. The van der Waals surface area contributed by atoms with Crippen LogP contribution in [0.5, 0.6) is 5.75 Å². The Morgan fingerprint density at radius 3 is 2.06 bits per heavy atom. The first-order valence-corrected chi connectivity index (χ1v) is 13.0. The molecular weight excluding hydrogens is 462 g/mol. The van der Waals surface area contributed by atoms with Crippen LogP contribution in [0.3, 0.4) is 0 Å². The second-order valence-electron chi connectivity index (χ2n) is 9.59. The minimum Gasteiger partial charge on any atom is -0.460 e. The third-order valence-electron chi connectivity index (χ3n) is 5.57. The molecule has 2 unspecified atom stereocenters. The zero-order valence-electron chi connectivity index (χ0n) is 20.6. The van der Waals surface area contributed by atoms with Crippen molar-refractivity contribution < 1.29 is 22.1 Å². The maximum atomic E-state index is 13.0. The largest absolute Gasteiger partial charge is 0.460 e. The zero-order valence-corrected chi connectivity index (χ0v) is 21.4. The van der Waals surface area contributed by atoms with E-state index in [-0.39, 0.29) is 29.1 Å². The van der Waals surface area contributed by atoms with E-state index in [0.29, 0.717) is 6.42 Å². The molecule has 0 radical (unpaired) electrons. The van der Waals surface area contributed by atoms with E-state index >= 15 is 0 Å². The highest BCUT2D eigenvalue weighted by atomic mass is 32.2. The summed E-state index contributed by atoms with van der Waals surface area (Å²) in [5.41, 5.74) is 8.29. The fourth-order valence-corrected chi connectivity index (χ4v) is 4.74. The van der Waals surface area contributed by atoms with Crippen molar-refractivity contribution in [1.82, 2.24) is 0 Å². The van der Waals surface area contributed by atoms with E-state index in [0.717, 1.165) is 16.7 Å². The van der Waals surface area contributed by atoms with Gasteiger partial charge < -0.3 is 14.7 Å². The molecule has 3 rings (SSSR count). The van der Waals surface area contributed by atoms with Gasteiger partial charge in [-0.25, -0.2) is 0 Å². The molecule has 0 aliphatic rings. The molecule has 3 aromatic rings. The van der Waals surface area contributed by atoms with Crippen molar-refractivity contribution in [1.29, 1.82) is 0 Å². The van der Waals surface area contributed by atoms with Crippen LogP contribution in [-0.2, 0) is 26.1 Å². The summed E-state index contributed by atoms with van der Waals surface area (Å²) in [5, 5.41) is 0. The van der Waals surface area contributed by atoms with Gasteiger partial charge >= 0.3 is 16.1 Å². The summed E-state index contributed by atoms with van der Waals surface area (Å²) < 4.78 is 36.3. The summed E-state index contributed by atoms with van der Waals surface area (Å²) in [6.07, 6.45) is 0.573. The maximum Gasteiger partial charge on any atom is 0.339 e. The van der Waals surface area contributed by atoms with E-state index in [1.54, 1.807) is 36.4 Å². The lowest BCUT2D eigenvalue weighted by atomic mass is 9.81. The Morgan fingerprint density at radius 1 is 0.914 bits per heavy atom. The molecule has 3 aromatic carbocycles. The van der Waals surface area contributed by atoms with Crippen LogP contribution in [-0.4, -0.2) is 26.5 Å². The molecule has 0 aromatic heterocycles. The number of rotatable bonds is 9. The molecule has 0 spiro atoms. The van der Waals surface area contributed by atoms with E-state index in [1.165, 1.54) is 12.1 Å². The Bertz CT molecular complexity index is 1220. The summed E-state index contributed by atoms with van der Waals surface area (Å²) >= 11 is 0. The van der Waals surface area contributed by atoms with Gasteiger partial charge in [-0.1, -0.05) is 60.2 Å². The van der Waals surface area contributed by atoms with Gasteiger partial charge in [-0.2, -0.15) is 8.42 Å². The van der Waals surface area contributed by atoms with E-state index < -0.39 is 21.6 Å². The lowest BCUT2D eigenvalue weighted by Crippen LogP contribution is -2.36. The molecule has 2 N–H and O–H groups in total. The van der Waals surface area contributed by atoms with Gasteiger partial charge in [0.1, 0.15) is 16.2 Å². The average Bonchev–Trinajstić information content (AvgIpc) is 2.79. The first-order valence-electron chi connectivity index (χ1n) is 11.6. The fraction of sp³-hybridized carbons (Fsp3) is 0.321. The molecule has 7 heteroatoms. The topological polar surface area (TPSA) is 95.7 Å². The molecule has 0 aliphatic heterocycles. The smallest absolute Gasteiger partial charge is 0.339 e. The van der Waals surface area contributed by atoms with Crippen LogP contribution >= 0.6 is 0 Å². The third kappa shape index (κ3) is 7.41. The van der Waals surface area contributed by atoms with Crippen LogP contribution < -0.4 is 9.92 Å². The highest BCUT2D eigenvalue weighted by molar-refractivity contribution is 7.87. The number of aryl methyl sites for hydroxylation is 1. The van der Waals surface area contributed by atoms with Crippen molar-refractivity contribution in [2.24, 2.45) is 11.7 Å². The molecule has 0 saturated carbocycles. The summed E-state index contributed by atoms with van der Waals surface area (Å²) in [5.74, 6) is -1.00. The molecule has 35 heavy (non-hydrogen) atoms. The monoisotopic (exact) mass is 495 g/mol. The zero-order chi connectivity index (χ0) is 25.6. The lowest BCUT2D eigenvalue weighted by Gasteiger charge is -2.29. The van der Waals surface area contributed by atoms with Crippen LogP contribution in [0.15, 0.2) is 83.8 Å². The lowest BCUT2D eigenvalue weighted by molar-refractivity contribution is -0.160. The van der Waals surface area contributed by atoms with Gasteiger partial charge in [-0.15, -0.1) is 0 Å². The van der Waals surface area contributed by atoms with Crippen LogP contribution in [0.25, 0.3) is 0 Å². The number of nitrogens with two attached hydrogens (primary N) is 1. The standard InChI is InChI=1S/C28H33NO5S/c1-20-10-16-24(17-11-20)35(31,32)34-23-14-12-22(13-15-23)25(18-21-8-6-5-7-9-21)26(19-29)27(30)33-28(2,3)4/h5-17,25-26H,18-19,29H2,1-4H3. The molecule has 186 valence electrons.